The van der Waals surface area contributed by atoms with Crippen LogP contribution in [0.25, 0.3) is 0 Å². The molecule has 0 N–H and O–H groups in total. The van der Waals surface area contributed by atoms with Gasteiger partial charge in [-0.2, -0.15) is 5.26 Å². The van der Waals surface area contributed by atoms with E-state index in [9.17, 15) is 4.79 Å². The lowest BCUT2D eigenvalue weighted by Gasteiger charge is -2.21. The van der Waals surface area contributed by atoms with Crippen molar-refractivity contribution in [1.29, 1.82) is 5.26 Å². The summed E-state index contributed by atoms with van der Waals surface area (Å²) in [5.41, 5.74) is 1.16. The van der Waals surface area contributed by atoms with Gasteiger partial charge in [0.1, 0.15) is 0 Å². The normalized spacial score (nSPS) is 11.9. The van der Waals surface area contributed by atoms with Crippen LogP contribution in [0.2, 0.25) is 0 Å². The van der Waals surface area contributed by atoms with Crippen molar-refractivity contribution in [3.8, 4) is 6.07 Å². The summed E-state index contributed by atoms with van der Waals surface area (Å²) >= 11 is 1.53. The fraction of sp³-hybridized carbons (Fsp3) is 0.538. The fourth-order valence-electron chi connectivity index (χ4n) is 1.56. The second-order valence-electron chi connectivity index (χ2n) is 4.22. The molecule has 0 bridgehead atoms. The molecule has 1 aromatic heterocycles. The van der Waals surface area contributed by atoms with Crippen LogP contribution in [0, 0.1) is 31.1 Å². The van der Waals surface area contributed by atoms with Gasteiger partial charge >= 0.3 is 0 Å². The standard InChI is InChI=1S/C13H18N2OS/c1-5-15(8-9(2)7-14)13(16)12-6-10(3)11(4)17-12/h6,9H,5,8H2,1-4H3. The van der Waals surface area contributed by atoms with Gasteiger partial charge in [0.05, 0.1) is 16.9 Å². The topological polar surface area (TPSA) is 44.1 Å². The number of hydrogen-bond donors (Lipinski definition) is 0. The summed E-state index contributed by atoms with van der Waals surface area (Å²) in [6, 6.07) is 4.09. The molecule has 0 saturated heterocycles. The minimum Gasteiger partial charge on any atom is -0.337 e. The number of rotatable bonds is 4. The molecule has 1 amide bonds. The molecule has 1 unspecified atom stereocenters. The Bertz CT molecular complexity index is 425. The van der Waals surface area contributed by atoms with Crippen LogP contribution >= 0.6 is 11.3 Å². The molecule has 4 heteroatoms. The maximum absolute atomic E-state index is 12.2. The van der Waals surface area contributed by atoms with Crippen molar-refractivity contribution in [2.75, 3.05) is 13.1 Å². The lowest BCUT2D eigenvalue weighted by atomic mass is 10.2. The summed E-state index contributed by atoms with van der Waals surface area (Å²) < 4.78 is 0. The minimum absolute atomic E-state index is 0.0378. The van der Waals surface area contributed by atoms with E-state index in [1.54, 1.807) is 4.90 Å². The van der Waals surface area contributed by atoms with Crippen molar-refractivity contribution in [3.63, 3.8) is 0 Å². The number of aryl methyl sites for hydroxylation is 2. The highest BCUT2D eigenvalue weighted by molar-refractivity contribution is 7.14. The molecule has 0 aliphatic rings. The van der Waals surface area contributed by atoms with Crippen LogP contribution in [0.3, 0.4) is 0 Å². The van der Waals surface area contributed by atoms with Gasteiger partial charge < -0.3 is 4.90 Å². The first kappa shape index (κ1) is 13.7. The van der Waals surface area contributed by atoms with Crippen molar-refractivity contribution >= 4 is 17.2 Å². The largest absolute Gasteiger partial charge is 0.337 e. The second-order valence-corrected chi connectivity index (χ2v) is 5.48. The number of thiophene rings is 1. The van der Waals surface area contributed by atoms with E-state index in [0.717, 1.165) is 10.4 Å². The van der Waals surface area contributed by atoms with Gasteiger partial charge in [0.15, 0.2) is 0 Å². The Kier molecular flexibility index (Phi) is 4.71. The maximum Gasteiger partial charge on any atom is 0.263 e. The van der Waals surface area contributed by atoms with Crippen molar-refractivity contribution in [2.24, 2.45) is 5.92 Å². The van der Waals surface area contributed by atoms with Gasteiger partial charge in [0, 0.05) is 18.0 Å². The number of amides is 1. The molecule has 17 heavy (non-hydrogen) atoms. The molecule has 1 atom stereocenters. The molecule has 0 aromatic carbocycles. The van der Waals surface area contributed by atoms with E-state index in [0.29, 0.717) is 13.1 Å². The number of hydrogen-bond acceptors (Lipinski definition) is 3. The van der Waals surface area contributed by atoms with Gasteiger partial charge in [-0.3, -0.25) is 4.79 Å². The van der Waals surface area contributed by atoms with Crippen LogP contribution in [0.1, 0.15) is 34.0 Å². The predicted molar refractivity (Wildman–Crippen MR) is 70.1 cm³/mol. The molecule has 92 valence electrons. The second kappa shape index (κ2) is 5.83. The first-order chi connectivity index (χ1) is 7.99. The third kappa shape index (κ3) is 3.31. The number of nitriles is 1. The van der Waals surface area contributed by atoms with Gasteiger partial charge in [-0.25, -0.2) is 0 Å². The summed E-state index contributed by atoms with van der Waals surface area (Å²) in [4.78, 5) is 15.9. The molecular weight excluding hydrogens is 232 g/mol. The number of carbonyl (C=O) groups is 1. The lowest BCUT2D eigenvalue weighted by molar-refractivity contribution is 0.0757. The molecule has 0 fully saturated rings. The van der Waals surface area contributed by atoms with Crippen LogP contribution in [-0.4, -0.2) is 23.9 Å². The molecule has 0 spiro atoms. The van der Waals surface area contributed by atoms with Gasteiger partial charge in [0.2, 0.25) is 0 Å². The highest BCUT2D eigenvalue weighted by Gasteiger charge is 2.18. The molecule has 0 saturated carbocycles. The average molecular weight is 250 g/mol. The van der Waals surface area contributed by atoms with E-state index < -0.39 is 0 Å². The van der Waals surface area contributed by atoms with Crippen molar-refractivity contribution in [3.05, 3.63) is 21.4 Å². The van der Waals surface area contributed by atoms with Gasteiger partial charge in [-0.15, -0.1) is 11.3 Å². The fourth-order valence-corrected chi connectivity index (χ4v) is 2.56. The SMILES string of the molecule is CCN(CC(C)C#N)C(=O)c1cc(C)c(C)s1. The van der Waals surface area contributed by atoms with Crippen LogP contribution in [-0.2, 0) is 0 Å². The Morgan fingerprint density at radius 2 is 2.24 bits per heavy atom. The third-order valence-corrected chi connectivity index (χ3v) is 3.90. The summed E-state index contributed by atoms with van der Waals surface area (Å²) in [6.45, 7) is 8.95. The number of carbonyl (C=O) groups excluding carboxylic acids is 1. The van der Waals surface area contributed by atoms with Gasteiger partial charge in [-0.1, -0.05) is 0 Å². The highest BCUT2D eigenvalue weighted by Crippen LogP contribution is 2.22. The van der Waals surface area contributed by atoms with Gasteiger partial charge in [-0.05, 0) is 39.3 Å². The van der Waals surface area contributed by atoms with Crippen LogP contribution < -0.4 is 0 Å². The molecule has 3 nitrogen and oxygen atoms in total. The monoisotopic (exact) mass is 250 g/mol. The Labute approximate surface area is 107 Å². The molecule has 1 rings (SSSR count). The highest BCUT2D eigenvalue weighted by atomic mass is 32.1. The van der Waals surface area contributed by atoms with E-state index in [1.165, 1.54) is 16.2 Å². The van der Waals surface area contributed by atoms with Crippen LogP contribution in [0.4, 0.5) is 0 Å². The molecule has 0 radical (unpaired) electrons. The van der Waals surface area contributed by atoms with Crippen molar-refractivity contribution in [1.82, 2.24) is 4.90 Å². The van der Waals surface area contributed by atoms with Crippen molar-refractivity contribution < 1.29 is 4.79 Å². The average Bonchev–Trinajstić information content (AvgIpc) is 2.65. The first-order valence-electron chi connectivity index (χ1n) is 5.75. The van der Waals surface area contributed by atoms with E-state index in [2.05, 4.69) is 6.07 Å². The predicted octanol–water partition coefficient (Wildman–Crippen LogP) is 2.99. The summed E-state index contributed by atoms with van der Waals surface area (Å²) in [7, 11) is 0. The zero-order valence-electron chi connectivity index (χ0n) is 10.8. The smallest absolute Gasteiger partial charge is 0.263 e. The van der Waals surface area contributed by atoms with Crippen LogP contribution in [0.15, 0.2) is 6.07 Å². The van der Waals surface area contributed by atoms with E-state index in [1.807, 2.05) is 33.8 Å². The van der Waals surface area contributed by atoms with Gasteiger partial charge in [0.25, 0.3) is 5.91 Å². The lowest BCUT2D eigenvalue weighted by Crippen LogP contribution is -2.33. The minimum atomic E-state index is -0.124. The van der Waals surface area contributed by atoms with Crippen LogP contribution in [0.5, 0.6) is 0 Å². The molecule has 0 aliphatic carbocycles. The molecule has 1 heterocycles. The Hall–Kier alpha value is -1.34. The summed E-state index contributed by atoms with van der Waals surface area (Å²) in [5, 5.41) is 8.79. The Balaban J connectivity index is 2.83. The quantitative estimate of drug-likeness (QED) is 0.824. The molecule has 0 aliphatic heterocycles. The Morgan fingerprint density at radius 1 is 1.59 bits per heavy atom. The van der Waals surface area contributed by atoms with E-state index >= 15 is 0 Å². The maximum atomic E-state index is 12.2. The first-order valence-corrected chi connectivity index (χ1v) is 6.57. The third-order valence-electron chi connectivity index (χ3n) is 2.76. The molecular formula is C13H18N2OS. The number of nitrogens with zero attached hydrogens (tertiary/aromatic N) is 2. The molecule has 1 aromatic rings. The summed E-state index contributed by atoms with van der Waals surface area (Å²) in [5.74, 6) is -0.0862. The van der Waals surface area contributed by atoms with E-state index in [4.69, 9.17) is 5.26 Å². The zero-order valence-corrected chi connectivity index (χ0v) is 11.6. The summed E-state index contributed by atoms with van der Waals surface area (Å²) in [6.07, 6.45) is 0. The Morgan fingerprint density at radius 3 is 2.65 bits per heavy atom. The van der Waals surface area contributed by atoms with E-state index in [-0.39, 0.29) is 11.8 Å². The zero-order chi connectivity index (χ0) is 13.0. The van der Waals surface area contributed by atoms with Crippen molar-refractivity contribution in [2.45, 2.75) is 27.7 Å².